The van der Waals surface area contributed by atoms with E-state index in [4.69, 9.17) is 25.0 Å². The van der Waals surface area contributed by atoms with E-state index >= 15 is 0 Å². The van der Waals surface area contributed by atoms with Gasteiger partial charge in [-0.3, -0.25) is 9.76 Å². The molecule has 0 saturated heterocycles. The van der Waals surface area contributed by atoms with Crippen LogP contribution in [0.3, 0.4) is 0 Å². The smallest absolute Gasteiger partial charge is 0.294 e. The molecule has 2 aromatic carbocycles. The van der Waals surface area contributed by atoms with Crippen LogP contribution in [-0.2, 0) is 10.1 Å². The number of ether oxygens (including phenoxy) is 2. The van der Waals surface area contributed by atoms with Gasteiger partial charge in [-0.1, -0.05) is 17.7 Å². The zero-order chi connectivity index (χ0) is 22.0. The fraction of sp³-hybridized carbons (Fsp3) is 0.176. The Kier molecular flexibility index (Phi) is 9.55. The van der Waals surface area contributed by atoms with Gasteiger partial charge in [-0.2, -0.15) is 13.5 Å². The molecular formula is C17H21BrN4O6S. The summed E-state index contributed by atoms with van der Waals surface area (Å²) in [5.41, 5.74) is 8.54. The maximum absolute atomic E-state index is 10.5. The van der Waals surface area contributed by atoms with Gasteiger partial charge in [0.05, 0.1) is 25.3 Å². The second kappa shape index (κ2) is 11.4. The highest BCUT2D eigenvalue weighted by Crippen LogP contribution is 2.32. The molecule has 0 aromatic heterocycles. The molecule has 0 aliphatic carbocycles. The monoisotopic (exact) mass is 488 g/mol. The van der Waals surface area contributed by atoms with Gasteiger partial charge in [0.2, 0.25) is 5.96 Å². The lowest BCUT2D eigenvalue weighted by atomic mass is 10.2. The molecule has 0 aliphatic rings. The lowest BCUT2D eigenvalue weighted by molar-refractivity contribution is 0.232. The second-order valence-electron chi connectivity index (χ2n) is 5.36. The number of nitrogens with one attached hydrogen (secondary N) is 1. The van der Waals surface area contributed by atoms with Crippen molar-refractivity contribution in [3.05, 3.63) is 52.0 Å². The summed E-state index contributed by atoms with van der Waals surface area (Å²) in [5, 5.41) is 15.6. The van der Waals surface area contributed by atoms with Crippen molar-refractivity contribution in [1.29, 1.82) is 0 Å². The first-order valence-corrected chi connectivity index (χ1v) is 10.1. The molecule has 10 nitrogen and oxygen atoms in total. The molecule has 0 saturated carbocycles. The van der Waals surface area contributed by atoms with Crippen molar-refractivity contribution in [2.45, 2.75) is 11.8 Å². The van der Waals surface area contributed by atoms with Crippen LogP contribution in [0.5, 0.6) is 11.5 Å². The van der Waals surface area contributed by atoms with Gasteiger partial charge in [-0.05, 0) is 47.1 Å². The van der Waals surface area contributed by atoms with E-state index in [1.165, 1.54) is 18.3 Å². The summed E-state index contributed by atoms with van der Waals surface area (Å²) < 4.78 is 40.6. The van der Waals surface area contributed by atoms with Crippen molar-refractivity contribution < 1.29 is 27.7 Å². The van der Waals surface area contributed by atoms with Crippen LogP contribution >= 0.6 is 15.9 Å². The van der Waals surface area contributed by atoms with Gasteiger partial charge in [0.1, 0.15) is 0 Å². The van der Waals surface area contributed by atoms with Crippen molar-refractivity contribution in [2.24, 2.45) is 15.9 Å². The number of benzene rings is 2. The average Bonchev–Trinajstić information content (AvgIpc) is 2.68. The fourth-order valence-electron chi connectivity index (χ4n) is 1.85. The van der Waals surface area contributed by atoms with E-state index in [2.05, 4.69) is 26.1 Å². The van der Waals surface area contributed by atoms with Crippen molar-refractivity contribution in [3.63, 3.8) is 0 Å². The van der Waals surface area contributed by atoms with E-state index in [0.29, 0.717) is 11.5 Å². The Labute approximate surface area is 176 Å². The summed E-state index contributed by atoms with van der Waals surface area (Å²) in [6, 6.07) is 9.46. The molecule has 0 fully saturated rings. The van der Waals surface area contributed by atoms with Gasteiger partial charge >= 0.3 is 0 Å². The SMILES string of the molecule is COc1cc(Br)c(C=N/N=C(\N)NO)cc1OC.Cc1ccc(S(=O)(=O)O)cc1. The maximum atomic E-state index is 10.5. The predicted octanol–water partition coefficient (Wildman–Crippen LogP) is 2.34. The number of hydrogen-bond donors (Lipinski definition) is 4. The molecule has 0 bridgehead atoms. The highest BCUT2D eigenvalue weighted by molar-refractivity contribution is 9.10. The van der Waals surface area contributed by atoms with Crippen LogP contribution in [0.4, 0.5) is 0 Å². The highest BCUT2D eigenvalue weighted by atomic mass is 79.9. The summed E-state index contributed by atoms with van der Waals surface area (Å²) in [6.07, 6.45) is 1.45. The topological polar surface area (TPSA) is 156 Å². The predicted molar refractivity (Wildman–Crippen MR) is 112 cm³/mol. The molecule has 0 amide bonds. The van der Waals surface area contributed by atoms with Crippen LogP contribution in [0, 0.1) is 6.92 Å². The molecule has 2 rings (SSSR count). The Hall–Kier alpha value is -2.67. The van der Waals surface area contributed by atoms with Crippen molar-refractivity contribution in [3.8, 4) is 11.5 Å². The quantitative estimate of drug-likeness (QED) is 0.216. The molecule has 158 valence electrons. The number of nitrogens with two attached hydrogens (primary N) is 1. The number of nitrogens with zero attached hydrogens (tertiary/aromatic N) is 2. The highest BCUT2D eigenvalue weighted by Gasteiger charge is 2.08. The van der Waals surface area contributed by atoms with Crippen LogP contribution in [-0.4, -0.2) is 44.6 Å². The molecule has 2 aromatic rings. The van der Waals surface area contributed by atoms with Crippen LogP contribution in [0.25, 0.3) is 0 Å². The molecule has 5 N–H and O–H groups in total. The molecule has 0 atom stereocenters. The first kappa shape index (κ1) is 24.4. The Balaban J connectivity index is 0.000000326. The number of rotatable bonds is 5. The third-order valence-corrected chi connectivity index (χ3v) is 4.85. The van der Waals surface area contributed by atoms with Crippen molar-refractivity contribution in [1.82, 2.24) is 5.48 Å². The van der Waals surface area contributed by atoms with E-state index in [0.717, 1.165) is 15.6 Å². The summed E-state index contributed by atoms with van der Waals surface area (Å²) in [6.45, 7) is 1.84. The Bertz CT molecular complexity index is 978. The maximum Gasteiger partial charge on any atom is 0.294 e. The molecular weight excluding hydrogens is 468 g/mol. The largest absolute Gasteiger partial charge is 0.493 e. The number of guanidine groups is 1. The average molecular weight is 489 g/mol. The van der Waals surface area contributed by atoms with E-state index in [9.17, 15) is 8.42 Å². The molecule has 0 radical (unpaired) electrons. The van der Waals surface area contributed by atoms with Gasteiger partial charge in [0.25, 0.3) is 10.1 Å². The summed E-state index contributed by atoms with van der Waals surface area (Å²) in [7, 11) is -0.928. The molecule has 12 heteroatoms. The number of hydrogen-bond acceptors (Lipinski definition) is 7. The third kappa shape index (κ3) is 8.07. The van der Waals surface area contributed by atoms with Crippen LogP contribution < -0.4 is 20.7 Å². The first-order valence-electron chi connectivity index (χ1n) is 7.84. The zero-order valence-electron chi connectivity index (χ0n) is 15.8. The number of methoxy groups -OCH3 is 2. The summed E-state index contributed by atoms with van der Waals surface area (Å²) >= 11 is 3.36. The first-order chi connectivity index (χ1) is 13.6. The van der Waals surface area contributed by atoms with Gasteiger partial charge < -0.3 is 15.2 Å². The minimum atomic E-state index is -4.02. The van der Waals surface area contributed by atoms with Crippen LogP contribution in [0.1, 0.15) is 11.1 Å². The van der Waals surface area contributed by atoms with Crippen molar-refractivity contribution in [2.75, 3.05) is 14.2 Å². The van der Waals surface area contributed by atoms with Crippen LogP contribution in [0.15, 0.2) is 56.0 Å². The Morgan fingerprint density at radius 2 is 1.72 bits per heavy atom. The van der Waals surface area contributed by atoms with E-state index in [1.807, 2.05) is 6.92 Å². The van der Waals surface area contributed by atoms with Gasteiger partial charge in [-0.15, -0.1) is 5.10 Å². The fourth-order valence-corrected chi connectivity index (χ4v) is 2.76. The molecule has 0 heterocycles. The van der Waals surface area contributed by atoms with Crippen LogP contribution in [0.2, 0.25) is 0 Å². The third-order valence-electron chi connectivity index (χ3n) is 3.30. The van der Waals surface area contributed by atoms with Gasteiger partial charge in [0, 0.05) is 10.0 Å². The number of halogens is 1. The molecule has 29 heavy (non-hydrogen) atoms. The Morgan fingerprint density at radius 1 is 1.17 bits per heavy atom. The number of aryl methyl sites for hydroxylation is 1. The van der Waals surface area contributed by atoms with Crippen molar-refractivity contribution >= 4 is 38.2 Å². The van der Waals surface area contributed by atoms with E-state index in [1.54, 1.807) is 44.0 Å². The Morgan fingerprint density at radius 3 is 2.21 bits per heavy atom. The number of hydroxylamine groups is 1. The lowest BCUT2D eigenvalue weighted by Crippen LogP contribution is -2.27. The minimum absolute atomic E-state index is 0.0666. The standard InChI is InChI=1S/C10H13BrN4O3.C7H8O3S/c1-17-8-3-6(5-13-14-10(12)15-16)7(11)4-9(8)18-2;1-6-2-4-7(5-3-6)11(8,9)10/h3-5,16H,1-2H3,(H3,12,14,15);2-5H,1H3,(H,8,9,10). The summed E-state index contributed by atoms with van der Waals surface area (Å²) in [4.78, 5) is -0.0666. The minimum Gasteiger partial charge on any atom is -0.493 e. The van der Waals surface area contributed by atoms with E-state index in [-0.39, 0.29) is 10.9 Å². The normalized spacial score (nSPS) is 11.6. The van der Waals surface area contributed by atoms with Gasteiger partial charge in [-0.25, -0.2) is 5.48 Å². The molecule has 0 spiro atoms. The lowest BCUT2D eigenvalue weighted by Gasteiger charge is -2.09. The second-order valence-corrected chi connectivity index (χ2v) is 7.63. The zero-order valence-corrected chi connectivity index (χ0v) is 18.2. The summed E-state index contributed by atoms with van der Waals surface area (Å²) in [5.74, 6) is 0.962. The molecule has 0 unspecified atom stereocenters. The molecule has 0 aliphatic heterocycles. The van der Waals surface area contributed by atoms with Gasteiger partial charge in [0.15, 0.2) is 11.5 Å². The van der Waals surface area contributed by atoms with E-state index < -0.39 is 10.1 Å².